The molecule has 0 saturated heterocycles. The van der Waals surface area contributed by atoms with E-state index in [9.17, 15) is 24.8 Å². The Labute approximate surface area is 195 Å². The first kappa shape index (κ1) is 22.7. The van der Waals surface area contributed by atoms with Crippen molar-refractivity contribution in [3.05, 3.63) is 112 Å². The number of nitro groups is 1. The van der Waals surface area contributed by atoms with Crippen molar-refractivity contribution in [2.24, 2.45) is 16.9 Å². The van der Waals surface area contributed by atoms with Crippen LogP contribution in [0.5, 0.6) is 0 Å². The van der Waals surface area contributed by atoms with Crippen LogP contribution in [-0.2, 0) is 4.79 Å². The number of fused-ring (bicyclic) bond motifs is 1. The molecule has 0 radical (unpaired) electrons. The number of rotatable bonds is 8. The van der Waals surface area contributed by atoms with E-state index in [-0.39, 0.29) is 29.6 Å². The second-order valence-electron chi connectivity index (χ2n) is 7.90. The van der Waals surface area contributed by atoms with E-state index in [4.69, 9.17) is 0 Å². The minimum atomic E-state index is -0.995. The fourth-order valence-electron chi connectivity index (χ4n) is 4.05. The zero-order valence-corrected chi connectivity index (χ0v) is 18.0. The Morgan fingerprint density at radius 1 is 1.09 bits per heavy atom. The van der Waals surface area contributed by atoms with E-state index in [1.54, 1.807) is 30.5 Å². The molecule has 9 nitrogen and oxygen atoms in total. The number of carbonyl (C=O) groups is 2. The highest BCUT2D eigenvalue weighted by atomic mass is 16.6. The number of hydrazone groups is 1. The zero-order valence-electron chi connectivity index (χ0n) is 18.0. The van der Waals surface area contributed by atoms with Gasteiger partial charge in [0, 0.05) is 30.0 Å². The normalized spacial score (nSPS) is 19.5. The lowest BCUT2D eigenvalue weighted by Gasteiger charge is -2.23. The first-order valence-electron chi connectivity index (χ1n) is 10.6. The number of non-ortho nitro benzene ring substituents is 1. The highest BCUT2D eigenvalue weighted by Gasteiger charge is 2.36. The molecule has 0 spiro atoms. The van der Waals surface area contributed by atoms with Crippen LogP contribution in [0.4, 0.5) is 5.69 Å². The van der Waals surface area contributed by atoms with Crippen LogP contribution in [0.15, 0.2) is 95.8 Å². The Kier molecular flexibility index (Phi) is 6.63. The van der Waals surface area contributed by atoms with Gasteiger partial charge in [0.1, 0.15) is 0 Å². The largest absolute Gasteiger partial charge is 0.481 e. The Bertz CT molecular complexity index is 1230. The molecule has 0 aromatic heterocycles. The van der Waals surface area contributed by atoms with Gasteiger partial charge < -0.3 is 10.4 Å². The summed E-state index contributed by atoms with van der Waals surface area (Å²) in [6.07, 6.45) is 9.56. The van der Waals surface area contributed by atoms with E-state index in [1.165, 1.54) is 18.2 Å². The maximum atomic E-state index is 12.6. The summed E-state index contributed by atoms with van der Waals surface area (Å²) >= 11 is 0. The van der Waals surface area contributed by atoms with Crippen molar-refractivity contribution in [1.29, 1.82) is 0 Å². The van der Waals surface area contributed by atoms with E-state index in [0.29, 0.717) is 11.3 Å². The molecule has 1 aliphatic carbocycles. The lowest BCUT2D eigenvalue weighted by Crippen LogP contribution is -2.29. The highest BCUT2D eigenvalue weighted by Crippen LogP contribution is 2.34. The molecular formula is C25H22N4O5. The molecule has 9 heteroatoms. The lowest BCUT2D eigenvalue weighted by molar-refractivity contribution is -0.384. The number of carboxylic acids is 1. The molecule has 3 N–H and O–H groups in total. The number of amides is 1. The van der Waals surface area contributed by atoms with Crippen LogP contribution < -0.4 is 10.7 Å². The van der Waals surface area contributed by atoms with Crippen molar-refractivity contribution < 1.29 is 19.6 Å². The van der Waals surface area contributed by atoms with E-state index in [1.807, 2.05) is 30.4 Å². The fraction of sp³-hybridized carbons (Fsp3) is 0.160. The molecular weight excluding hydrogens is 436 g/mol. The summed E-state index contributed by atoms with van der Waals surface area (Å²) in [5.41, 5.74) is 4.06. The van der Waals surface area contributed by atoms with Crippen molar-refractivity contribution >= 4 is 23.3 Å². The van der Waals surface area contributed by atoms with Crippen LogP contribution in [0.2, 0.25) is 0 Å². The summed E-state index contributed by atoms with van der Waals surface area (Å²) in [5.74, 6) is -2.58. The van der Waals surface area contributed by atoms with E-state index in [0.717, 1.165) is 11.6 Å². The van der Waals surface area contributed by atoms with Crippen LogP contribution in [0.1, 0.15) is 22.3 Å². The van der Waals surface area contributed by atoms with Gasteiger partial charge in [-0.2, -0.15) is 5.10 Å². The predicted molar refractivity (Wildman–Crippen MR) is 126 cm³/mol. The summed E-state index contributed by atoms with van der Waals surface area (Å²) in [6, 6.07) is 14.3. The van der Waals surface area contributed by atoms with Crippen LogP contribution in [-0.4, -0.2) is 33.7 Å². The summed E-state index contributed by atoms with van der Waals surface area (Å²) < 4.78 is 0. The molecule has 1 amide bonds. The molecule has 2 aromatic rings. The first-order chi connectivity index (χ1) is 16.4. The fourth-order valence-corrected chi connectivity index (χ4v) is 4.05. The monoisotopic (exact) mass is 458 g/mol. The third-order valence-electron chi connectivity index (χ3n) is 5.78. The quantitative estimate of drug-likeness (QED) is 0.315. The third-order valence-corrected chi connectivity index (χ3v) is 5.78. The molecule has 1 heterocycles. The molecule has 2 aromatic carbocycles. The maximum Gasteiger partial charge on any atom is 0.311 e. The molecule has 0 saturated carbocycles. The van der Waals surface area contributed by atoms with E-state index >= 15 is 0 Å². The van der Waals surface area contributed by atoms with Crippen LogP contribution in [0.3, 0.4) is 0 Å². The molecule has 34 heavy (non-hydrogen) atoms. The minimum Gasteiger partial charge on any atom is -0.481 e. The number of carboxylic acid groups (broad SMARTS) is 1. The van der Waals surface area contributed by atoms with Gasteiger partial charge in [-0.3, -0.25) is 19.7 Å². The SMILES string of the molecule is O=C(N/N=C(\C[C@H](C(=O)O)C1=CN[C@H]2C=CC=C[C@@H]12)c1ccccc1)c1cccc([N+](=O)[O-])c1. The Hall–Kier alpha value is -4.53. The molecule has 3 atom stereocenters. The van der Waals surface area contributed by atoms with Gasteiger partial charge in [0.25, 0.3) is 11.6 Å². The number of hydrogen-bond donors (Lipinski definition) is 3. The smallest absolute Gasteiger partial charge is 0.311 e. The molecule has 0 fully saturated rings. The van der Waals surface area contributed by atoms with Gasteiger partial charge in [0.2, 0.25) is 0 Å². The first-order valence-corrected chi connectivity index (χ1v) is 10.6. The van der Waals surface area contributed by atoms with Gasteiger partial charge in [-0.25, -0.2) is 5.43 Å². The van der Waals surface area contributed by atoms with Gasteiger partial charge in [-0.05, 0) is 23.4 Å². The van der Waals surface area contributed by atoms with Gasteiger partial charge >= 0.3 is 5.97 Å². The summed E-state index contributed by atoms with van der Waals surface area (Å²) in [5, 5.41) is 28.5. The Balaban J connectivity index is 1.60. The Morgan fingerprint density at radius 2 is 1.82 bits per heavy atom. The lowest BCUT2D eigenvalue weighted by atomic mass is 9.81. The van der Waals surface area contributed by atoms with Gasteiger partial charge in [-0.15, -0.1) is 0 Å². The number of nitrogens with zero attached hydrogens (tertiary/aromatic N) is 2. The highest BCUT2D eigenvalue weighted by molar-refractivity contribution is 6.04. The van der Waals surface area contributed by atoms with Crippen molar-refractivity contribution in [2.75, 3.05) is 0 Å². The molecule has 0 unspecified atom stereocenters. The number of carbonyl (C=O) groups excluding carboxylic acids is 1. The third kappa shape index (κ3) is 4.93. The number of hydrogen-bond acceptors (Lipinski definition) is 6. The topological polar surface area (TPSA) is 134 Å². The number of nitro benzene ring substituents is 1. The molecule has 1 aliphatic heterocycles. The minimum absolute atomic E-state index is 0.00698. The maximum absolute atomic E-state index is 12.6. The second kappa shape index (κ2) is 9.95. The van der Waals surface area contributed by atoms with Crippen molar-refractivity contribution in [2.45, 2.75) is 12.5 Å². The van der Waals surface area contributed by atoms with Crippen molar-refractivity contribution in [1.82, 2.24) is 10.7 Å². The number of nitrogens with one attached hydrogen (secondary N) is 2. The van der Waals surface area contributed by atoms with Gasteiger partial charge in [-0.1, -0.05) is 60.7 Å². The van der Waals surface area contributed by atoms with E-state index < -0.39 is 22.7 Å². The average Bonchev–Trinajstić information content (AvgIpc) is 3.28. The van der Waals surface area contributed by atoms with Crippen molar-refractivity contribution in [3.8, 4) is 0 Å². The van der Waals surface area contributed by atoms with Gasteiger partial charge in [0.15, 0.2) is 0 Å². The standard InChI is InChI=1S/C25H22N4O5/c30-24(17-9-6-10-18(13-17)29(33)34)28-27-23(16-7-2-1-3-8-16)14-20(25(31)32)21-15-26-22-12-5-4-11-19(21)22/h1-13,15,19-20,22,26H,14H2,(H,28,30)(H,31,32)/b27-23+/t19-,20-,22-/m0/s1. The number of aliphatic carboxylic acids is 1. The zero-order chi connectivity index (χ0) is 24.1. The van der Waals surface area contributed by atoms with Crippen molar-refractivity contribution in [3.63, 3.8) is 0 Å². The summed E-state index contributed by atoms with van der Waals surface area (Å²) in [4.78, 5) is 35.3. The summed E-state index contributed by atoms with van der Waals surface area (Å²) in [7, 11) is 0. The predicted octanol–water partition coefficient (Wildman–Crippen LogP) is 3.42. The second-order valence-corrected chi connectivity index (χ2v) is 7.90. The summed E-state index contributed by atoms with van der Waals surface area (Å²) in [6.45, 7) is 0. The molecule has 0 bridgehead atoms. The average molecular weight is 458 g/mol. The van der Waals surface area contributed by atoms with Gasteiger partial charge in [0.05, 0.1) is 22.6 Å². The van der Waals surface area contributed by atoms with Crippen LogP contribution in [0.25, 0.3) is 0 Å². The molecule has 2 aliphatic rings. The molecule has 172 valence electrons. The Morgan fingerprint density at radius 3 is 2.56 bits per heavy atom. The number of benzene rings is 2. The van der Waals surface area contributed by atoms with Crippen LogP contribution >= 0.6 is 0 Å². The van der Waals surface area contributed by atoms with Crippen LogP contribution in [0, 0.1) is 22.0 Å². The number of allylic oxidation sites excluding steroid dienone is 2. The van der Waals surface area contributed by atoms with E-state index in [2.05, 4.69) is 15.8 Å². The molecule has 4 rings (SSSR count).